The van der Waals surface area contributed by atoms with Crippen LogP contribution < -0.4 is 5.32 Å². The normalized spacial score (nSPS) is 15.6. The Hall–Kier alpha value is -1.35. The number of hydrogen-bond donors (Lipinski definition) is 1. The lowest BCUT2D eigenvalue weighted by atomic mass is 9.94. The van der Waals surface area contributed by atoms with E-state index in [1.54, 1.807) is 0 Å². The zero-order valence-electron chi connectivity index (χ0n) is 9.53. The number of rotatable bonds is 4. The van der Waals surface area contributed by atoms with Crippen LogP contribution in [0.3, 0.4) is 0 Å². The van der Waals surface area contributed by atoms with Gasteiger partial charge in [-0.15, -0.1) is 0 Å². The predicted octanol–water partition coefficient (Wildman–Crippen LogP) is 1.63. The van der Waals surface area contributed by atoms with Gasteiger partial charge in [-0.1, -0.05) is 12.1 Å². The largest absolute Gasteiger partial charge is 0.465 e. The highest BCUT2D eigenvalue weighted by molar-refractivity contribution is 5.89. The molecule has 0 radical (unpaired) electrons. The molecule has 1 aromatic carbocycles. The Morgan fingerprint density at radius 2 is 2.06 bits per heavy atom. The van der Waals surface area contributed by atoms with E-state index in [0.717, 1.165) is 25.4 Å². The van der Waals surface area contributed by atoms with Crippen LogP contribution in [-0.2, 0) is 11.2 Å². The van der Waals surface area contributed by atoms with Gasteiger partial charge in [0.2, 0.25) is 0 Å². The minimum Gasteiger partial charge on any atom is -0.465 e. The maximum Gasteiger partial charge on any atom is 0.337 e. The monoisotopic (exact) mass is 219 g/mol. The van der Waals surface area contributed by atoms with Gasteiger partial charge >= 0.3 is 5.97 Å². The van der Waals surface area contributed by atoms with Crippen molar-refractivity contribution in [2.24, 2.45) is 5.92 Å². The molecular formula is C13H17NO2. The van der Waals surface area contributed by atoms with E-state index < -0.39 is 0 Å². The van der Waals surface area contributed by atoms with Gasteiger partial charge in [0.05, 0.1) is 12.7 Å². The molecule has 1 heterocycles. The molecule has 1 aliphatic rings. The second-order valence-electron chi connectivity index (χ2n) is 4.25. The molecule has 1 aliphatic heterocycles. The van der Waals surface area contributed by atoms with E-state index in [4.69, 9.17) is 0 Å². The number of carbonyl (C=O) groups is 1. The topological polar surface area (TPSA) is 38.3 Å². The van der Waals surface area contributed by atoms with Gasteiger partial charge in [-0.05, 0) is 49.5 Å². The first-order valence-electron chi connectivity index (χ1n) is 5.67. The Kier molecular flexibility index (Phi) is 3.57. The third kappa shape index (κ3) is 2.61. The number of aryl methyl sites for hydroxylation is 1. The molecule has 0 unspecified atom stereocenters. The lowest BCUT2D eigenvalue weighted by molar-refractivity contribution is 0.0600. The minimum atomic E-state index is -0.269. The molecule has 1 N–H and O–H groups in total. The first kappa shape index (κ1) is 11.1. The van der Waals surface area contributed by atoms with Crippen molar-refractivity contribution < 1.29 is 9.53 Å². The van der Waals surface area contributed by atoms with E-state index in [1.807, 2.05) is 24.3 Å². The lowest BCUT2D eigenvalue weighted by Crippen LogP contribution is -2.42. The number of ether oxygens (including phenoxy) is 1. The van der Waals surface area contributed by atoms with Crippen LogP contribution in [0.1, 0.15) is 22.3 Å². The smallest absolute Gasteiger partial charge is 0.337 e. The van der Waals surface area contributed by atoms with Crippen molar-refractivity contribution in [2.45, 2.75) is 12.8 Å². The van der Waals surface area contributed by atoms with Gasteiger partial charge in [-0.2, -0.15) is 0 Å². The van der Waals surface area contributed by atoms with Crippen LogP contribution in [0.4, 0.5) is 0 Å². The fourth-order valence-corrected chi connectivity index (χ4v) is 1.85. The van der Waals surface area contributed by atoms with Gasteiger partial charge in [0, 0.05) is 0 Å². The molecule has 0 aromatic heterocycles. The molecular weight excluding hydrogens is 202 g/mol. The quantitative estimate of drug-likeness (QED) is 0.782. The van der Waals surface area contributed by atoms with Crippen LogP contribution in [0.2, 0.25) is 0 Å². The summed E-state index contributed by atoms with van der Waals surface area (Å²) >= 11 is 0. The molecule has 1 saturated heterocycles. The van der Waals surface area contributed by atoms with Gasteiger partial charge in [-0.3, -0.25) is 0 Å². The molecule has 0 atom stereocenters. The molecule has 1 fully saturated rings. The van der Waals surface area contributed by atoms with E-state index in [1.165, 1.54) is 19.1 Å². The molecule has 1 aromatic rings. The molecule has 0 saturated carbocycles. The molecule has 3 nitrogen and oxygen atoms in total. The van der Waals surface area contributed by atoms with Crippen molar-refractivity contribution in [1.82, 2.24) is 5.32 Å². The van der Waals surface area contributed by atoms with Crippen molar-refractivity contribution in [3.63, 3.8) is 0 Å². The number of hydrogen-bond acceptors (Lipinski definition) is 3. The zero-order chi connectivity index (χ0) is 11.4. The molecule has 0 spiro atoms. The Morgan fingerprint density at radius 3 is 2.56 bits per heavy atom. The summed E-state index contributed by atoms with van der Waals surface area (Å²) in [5.74, 6) is 0.565. The van der Waals surface area contributed by atoms with Crippen LogP contribution in [0.5, 0.6) is 0 Å². The fraction of sp³-hybridized carbons (Fsp3) is 0.462. The summed E-state index contributed by atoms with van der Waals surface area (Å²) in [6.45, 7) is 2.31. The van der Waals surface area contributed by atoms with Crippen molar-refractivity contribution in [2.75, 3.05) is 20.2 Å². The Balaban J connectivity index is 1.88. The lowest BCUT2D eigenvalue weighted by Gasteiger charge is -2.26. The number of esters is 1. The van der Waals surface area contributed by atoms with Gasteiger partial charge in [0.1, 0.15) is 0 Å². The summed E-state index contributed by atoms with van der Waals surface area (Å²) < 4.78 is 4.65. The second-order valence-corrected chi connectivity index (χ2v) is 4.25. The van der Waals surface area contributed by atoms with Crippen molar-refractivity contribution in [1.29, 1.82) is 0 Å². The van der Waals surface area contributed by atoms with Gasteiger partial charge in [0.25, 0.3) is 0 Å². The molecule has 16 heavy (non-hydrogen) atoms. The first-order chi connectivity index (χ1) is 7.79. The van der Waals surface area contributed by atoms with E-state index in [2.05, 4.69) is 10.1 Å². The van der Waals surface area contributed by atoms with Gasteiger partial charge in [-0.25, -0.2) is 4.79 Å². The Labute approximate surface area is 95.8 Å². The van der Waals surface area contributed by atoms with Crippen LogP contribution in [0.15, 0.2) is 24.3 Å². The molecule has 86 valence electrons. The third-order valence-corrected chi connectivity index (χ3v) is 3.08. The number of carbonyl (C=O) groups excluding carboxylic acids is 1. The third-order valence-electron chi connectivity index (χ3n) is 3.08. The molecule has 0 bridgehead atoms. The highest BCUT2D eigenvalue weighted by Gasteiger charge is 2.15. The van der Waals surface area contributed by atoms with Crippen LogP contribution in [-0.4, -0.2) is 26.2 Å². The number of nitrogens with one attached hydrogen (secondary N) is 1. The highest BCUT2D eigenvalue weighted by atomic mass is 16.5. The Morgan fingerprint density at radius 1 is 1.38 bits per heavy atom. The maximum atomic E-state index is 11.2. The summed E-state index contributed by atoms with van der Waals surface area (Å²) in [7, 11) is 1.40. The van der Waals surface area contributed by atoms with E-state index in [9.17, 15) is 4.79 Å². The molecule has 2 rings (SSSR count). The summed E-state index contributed by atoms with van der Waals surface area (Å²) in [6.07, 6.45) is 2.32. The zero-order valence-corrected chi connectivity index (χ0v) is 9.53. The SMILES string of the molecule is COC(=O)c1ccc(CCC2CNC2)cc1. The summed E-state index contributed by atoms with van der Waals surface area (Å²) in [5, 5.41) is 3.27. The molecule has 3 heteroatoms. The van der Waals surface area contributed by atoms with E-state index >= 15 is 0 Å². The average Bonchev–Trinajstić information content (AvgIpc) is 2.27. The number of benzene rings is 1. The summed E-state index contributed by atoms with van der Waals surface area (Å²) in [4.78, 5) is 11.2. The van der Waals surface area contributed by atoms with Gasteiger partial charge in [0.15, 0.2) is 0 Å². The Bertz CT molecular complexity index is 355. The van der Waals surface area contributed by atoms with E-state index in [-0.39, 0.29) is 5.97 Å². The maximum absolute atomic E-state index is 11.2. The van der Waals surface area contributed by atoms with Crippen molar-refractivity contribution >= 4 is 5.97 Å². The summed E-state index contributed by atoms with van der Waals surface area (Å²) in [6, 6.07) is 7.69. The first-order valence-corrected chi connectivity index (χ1v) is 5.67. The van der Waals surface area contributed by atoms with Crippen molar-refractivity contribution in [3.8, 4) is 0 Å². The fourth-order valence-electron chi connectivity index (χ4n) is 1.85. The second kappa shape index (κ2) is 5.12. The van der Waals surface area contributed by atoms with Crippen LogP contribution in [0.25, 0.3) is 0 Å². The molecule has 0 amide bonds. The standard InChI is InChI=1S/C13H17NO2/c1-16-13(15)12-6-4-10(5-7-12)2-3-11-8-14-9-11/h4-7,11,14H,2-3,8-9H2,1H3. The average molecular weight is 219 g/mol. The van der Waals surface area contributed by atoms with Crippen LogP contribution >= 0.6 is 0 Å². The minimum absolute atomic E-state index is 0.269. The van der Waals surface area contributed by atoms with Crippen LogP contribution in [0, 0.1) is 5.92 Å². The van der Waals surface area contributed by atoms with Gasteiger partial charge < -0.3 is 10.1 Å². The van der Waals surface area contributed by atoms with Crippen molar-refractivity contribution in [3.05, 3.63) is 35.4 Å². The predicted molar refractivity (Wildman–Crippen MR) is 62.5 cm³/mol. The van der Waals surface area contributed by atoms with E-state index in [0.29, 0.717) is 5.56 Å². The number of methoxy groups -OCH3 is 1. The highest BCUT2D eigenvalue weighted by Crippen LogP contribution is 2.14. The molecule has 0 aliphatic carbocycles. The summed E-state index contributed by atoms with van der Waals surface area (Å²) in [5.41, 5.74) is 1.91.